The molecule has 14 heavy (non-hydrogen) atoms. The fourth-order valence-electron chi connectivity index (χ4n) is 1.09. The molecular weight excluding hydrogens is 440 g/mol. The first kappa shape index (κ1) is 13.2. The lowest BCUT2D eigenvalue weighted by Gasteiger charge is -2.20. The number of alkyl halides is 4. The van der Waals surface area contributed by atoms with Gasteiger partial charge in [-0.25, -0.2) is 0 Å². The SMILES string of the molecule is BrCC(Br)C(Br)C(Br)c1ccccc1. The molecular formula is C10H10Br4. The second-order valence-corrected chi connectivity index (χ2v) is 6.79. The van der Waals surface area contributed by atoms with Gasteiger partial charge in [-0.3, -0.25) is 0 Å². The standard InChI is InChI=1S/C10H10Br4/c11-6-8(12)10(14)9(13)7-4-2-1-3-5-7/h1-5,8-10H,6H2. The average molecular weight is 450 g/mol. The Morgan fingerprint density at radius 3 is 2.07 bits per heavy atom. The van der Waals surface area contributed by atoms with E-state index in [0.29, 0.717) is 14.5 Å². The lowest BCUT2D eigenvalue weighted by atomic mass is 10.1. The van der Waals surface area contributed by atoms with E-state index in [1.807, 2.05) is 6.07 Å². The van der Waals surface area contributed by atoms with Crippen molar-refractivity contribution >= 4 is 63.7 Å². The normalized spacial score (nSPS) is 17.4. The number of hydrogen-bond donors (Lipinski definition) is 0. The van der Waals surface area contributed by atoms with Crippen LogP contribution in [0.15, 0.2) is 30.3 Å². The number of rotatable bonds is 4. The Morgan fingerprint density at radius 1 is 1.00 bits per heavy atom. The van der Waals surface area contributed by atoms with E-state index in [1.54, 1.807) is 0 Å². The van der Waals surface area contributed by atoms with E-state index in [-0.39, 0.29) is 0 Å². The summed E-state index contributed by atoms with van der Waals surface area (Å²) in [4.78, 5) is 1.10. The van der Waals surface area contributed by atoms with E-state index in [4.69, 9.17) is 0 Å². The molecule has 1 aromatic carbocycles. The summed E-state index contributed by atoms with van der Waals surface area (Å²) >= 11 is 14.5. The van der Waals surface area contributed by atoms with Crippen LogP contribution in [0, 0.1) is 0 Å². The largest absolute Gasteiger partial charge is 0.0916 e. The minimum Gasteiger partial charge on any atom is -0.0916 e. The Balaban J connectivity index is 2.70. The summed E-state index contributed by atoms with van der Waals surface area (Å²) in [6.07, 6.45) is 0. The molecule has 0 nitrogen and oxygen atoms in total. The summed E-state index contributed by atoms with van der Waals surface area (Å²) in [7, 11) is 0. The molecule has 0 aliphatic rings. The van der Waals surface area contributed by atoms with Gasteiger partial charge in [-0.2, -0.15) is 0 Å². The Kier molecular flexibility index (Phi) is 6.29. The van der Waals surface area contributed by atoms with Gasteiger partial charge < -0.3 is 0 Å². The zero-order valence-corrected chi connectivity index (χ0v) is 13.7. The molecule has 1 aromatic rings. The lowest BCUT2D eigenvalue weighted by molar-refractivity contribution is 0.860. The van der Waals surface area contributed by atoms with Crippen molar-refractivity contribution in [3.63, 3.8) is 0 Å². The topological polar surface area (TPSA) is 0 Å². The third-order valence-corrected chi connectivity index (χ3v) is 8.03. The minimum atomic E-state index is 0.325. The Bertz CT molecular complexity index is 262. The van der Waals surface area contributed by atoms with Crippen LogP contribution < -0.4 is 0 Å². The zero-order chi connectivity index (χ0) is 10.6. The van der Waals surface area contributed by atoms with E-state index < -0.39 is 0 Å². The minimum absolute atomic E-state index is 0.325. The Labute approximate surface area is 118 Å². The molecule has 0 aliphatic heterocycles. The van der Waals surface area contributed by atoms with Gasteiger partial charge in [0.1, 0.15) is 0 Å². The van der Waals surface area contributed by atoms with Gasteiger partial charge in [0.15, 0.2) is 0 Å². The van der Waals surface area contributed by atoms with Crippen molar-refractivity contribution in [1.82, 2.24) is 0 Å². The van der Waals surface area contributed by atoms with Gasteiger partial charge in [-0.05, 0) is 5.56 Å². The first-order chi connectivity index (χ1) is 6.66. The molecule has 1 rings (SSSR count). The van der Waals surface area contributed by atoms with Gasteiger partial charge in [0, 0.05) is 15.0 Å². The Hall–Kier alpha value is 1.14. The van der Waals surface area contributed by atoms with Crippen molar-refractivity contribution in [2.24, 2.45) is 0 Å². The van der Waals surface area contributed by atoms with Crippen molar-refractivity contribution in [3.05, 3.63) is 35.9 Å². The first-order valence-corrected chi connectivity index (χ1v) is 8.06. The predicted octanol–water partition coefficient (Wildman–Crippen LogP) is 5.04. The third kappa shape index (κ3) is 3.62. The summed E-state index contributed by atoms with van der Waals surface area (Å²) in [5.41, 5.74) is 1.29. The van der Waals surface area contributed by atoms with Gasteiger partial charge in [-0.1, -0.05) is 94.1 Å². The maximum Gasteiger partial charge on any atom is 0.0531 e. The number of halogens is 4. The smallest absolute Gasteiger partial charge is 0.0531 e. The molecule has 3 atom stereocenters. The van der Waals surface area contributed by atoms with Gasteiger partial charge in [0.25, 0.3) is 0 Å². The van der Waals surface area contributed by atoms with Crippen LogP contribution in [0.1, 0.15) is 10.4 Å². The molecule has 4 heteroatoms. The van der Waals surface area contributed by atoms with E-state index in [0.717, 1.165) is 5.33 Å². The molecule has 0 bridgehead atoms. The summed E-state index contributed by atoms with van der Waals surface area (Å²) in [5.74, 6) is 0. The van der Waals surface area contributed by atoms with Crippen molar-refractivity contribution in [2.75, 3.05) is 5.33 Å². The molecule has 0 fully saturated rings. The fourth-order valence-corrected chi connectivity index (χ4v) is 3.87. The summed E-state index contributed by atoms with van der Waals surface area (Å²) in [5, 5.41) is 0.928. The number of hydrogen-bond acceptors (Lipinski definition) is 0. The molecule has 78 valence electrons. The van der Waals surface area contributed by atoms with Gasteiger partial charge in [0.05, 0.1) is 4.83 Å². The maximum absolute atomic E-state index is 3.70. The van der Waals surface area contributed by atoms with Gasteiger partial charge in [-0.15, -0.1) is 0 Å². The molecule has 0 saturated heterocycles. The van der Waals surface area contributed by atoms with E-state index in [2.05, 4.69) is 88.0 Å². The van der Waals surface area contributed by atoms with Crippen molar-refractivity contribution in [3.8, 4) is 0 Å². The first-order valence-electron chi connectivity index (χ1n) is 4.20. The zero-order valence-electron chi connectivity index (χ0n) is 7.34. The average Bonchev–Trinajstić information content (AvgIpc) is 2.27. The predicted molar refractivity (Wildman–Crippen MR) is 77.3 cm³/mol. The second-order valence-electron chi connectivity index (χ2n) is 2.93. The van der Waals surface area contributed by atoms with Crippen LogP contribution in [0.25, 0.3) is 0 Å². The van der Waals surface area contributed by atoms with Crippen LogP contribution >= 0.6 is 63.7 Å². The highest BCUT2D eigenvalue weighted by Gasteiger charge is 2.23. The van der Waals surface area contributed by atoms with E-state index >= 15 is 0 Å². The molecule has 0 aliphatic carbocycles. The fraction of sp³-hybridized carbons (Fsp3) is 0.400. The van der Waals surface area contributed by atoms with Gasteiger partial charge >= 0.3 is 0 Å². The number of benzene rings is 1. The van der Waals surface area contributed by atoms with Crippen LogP contribution in [0.2, 0.25) is 0 Å². The van der Waals surface area contributed by atoms with Crippen LogP contribution in [0.4, 0.5) is 0 Å². The molecule has 0 radical (unpaired) electrons. The van der Waals surface area contributed by atoms with Crippen LogP contribution in [-0.2, 0) is 0 Å². The summed E-state index contributed by atoms with van der Waals surface area (Å²) in [6.45, 7) is 0. The summed E-state index contributed by atoms with van der Waals surface area (Å²) in [6, 6.07) is 10.4. The highest BCUT2D eigenvalue weighted by molar-refractivity contribution is 9.14. The Morgan fingerprint density at radius 2 is 1.57 bits per heavy atom. The van der Waals surface area contributed by atoms with E-state index in [1.165, 1.54) is 5.56 Å². The molecule has 0 aromatic heterocycles. The quantitative estimate of drug-likeness (QED) is 0.565. The third-order valence-electron chi connectivity index (χ3n) is 1.89. The molecule has 0 heterocycles. The highest BCUT2D eigenvalue weighted by Crippen LogP contribution is 2.35. The van der Waals surface area contributed by atoms with Crippen LogP contribution in [0.5, 0.6) is 0 Å². The maximum atomic E-state index is 3.70. The van der Waals surface area contributed by atoms with Crippen LogP contribution in [-0.4, -0.2) is 15.0 Å². The van der Waals surface area contributed by atoms with Crippen molar-refractivity contribution in [1.29, 1.82) is 0 Å². The second kappa shape index (κ2) is 6.66. The molecule has 0 amide bonds. The summed E-state index contributed by atoms with van der Waals surface area (Å²) < 4.78 is 0. The van der Waals surface area contributed by atoms with Gasteiger partial charge in [0.2, 0.25) is 0 Å². The van der Waals surface area contributed by atoms with Crippen molar-refractivity contribution in [2.45, 2.75) is 14.5 Å². The van der Waals surface area contributed by atoms with E-state index in [9.17, 15) is 0 Å². The monoisotopic (exact) mass is 446 g/mol. The molecule has 0 spiro atoms. The van der Waals surface area contributed by atoms with Crippen molar-refractivity contribution < 1.29 is 0 Å². The molecule has 0 saturated carbocycles. The molecule has 3 unspecified atom stereocenters. The lowest BCUT2D eigenvalue weighted by Crippen LogP contribution is -2.20. The molecule has 0 N–H and O–H groups in total. The van der Waals surface area contributed by atoms with Crippen LogP contribution in [0.3, 0.4) is 0 Å². The highest BCUT2D eigenvalue weighted by atomic mass is 79.9.